The smallest absolute Gasteiger partial charge is 0.224 e. The highest BCUT2D eigenvalue weighted by Gasteiger charge is 2.22. The first kappa shape index (κ1) is 16.5. The van der Waals surface area contributed by atoms with Crippen LogP contribution >= 0.6 is 0 Å². The van der Waals surface area contributed by atoms with Gasteiger partial charge in [-0.3, -0.25) is 4.79 Å². The van der Waals surface area contributed by atoms with Crippen LogP contribution in [0.1, 0.15) is 31.5 Å². The number of piperidine rings is 1. The van der Waals surface area contributed by atoms with Crippen LogP contribution in [0.25, 0.3) is 0 Å². The van der Waals surface area contributed by atoms with Gasteiger partial charge in [0.25, 0.3) is 0 Å². The van der Waals surface area contributed by atoms with E-state index in [1.807, 2.05) is 49.0 Å². The summed E-state index contributed by atoms with van der Waals surface area (Å²) in [6.45, 7) is 3.88. The molecule has 6 nitrogen and oxygen atoms in total. The highest BCUT2D eigenvalue weighted by atomic mass is 16.1. The van der Waals surface area contributed by atoms with Gasteiger partial charge in [0, 0.05) is 32.2 Å². The van der Waals surface area contributed by atoms with E-state index < -0.39 is 0 Å². The molecule has 1 saturated heterocycles. The quantitative estimate of drug-likeness (QED) is 0.917. The molecule has 3 rings (SSSR count). The average Bonchev–Trinajstić information content (AvgIpc) is 2.93. The molecule has 0 saturated carbocycles. The fraction of sp³-hybridized carbons (Fsp3) is 0.500. The molecule has 2 aromatic rings. The molecule has 1 N–H and O–H groups in total. The van der Waals surface area contributed by atoms with Crippen molar-refractivity contribution in [3.05, 3.63) is 36.2 Å². The number of carbonyl (C=O) groups is 1. The van der Waals surface area contributed by atoms with Gasteiger partial charge in [-0.1, -0.05) is 18.2 Å². The van der Waals surface area contributed by atoms with Gasteiger partial charge in [-0.2, -0.15) is 10.1 Å². The third kappa shape index (κ3) is 4.13. The number of nitrogens with zero attached hydrogens (tertiary/aromatic N) is 4. The second kappa shape index (κ2) is 7.47. The number of amides is 1. The minimum atomic E-state index is 0.104. The number of carbonyl (C=O) groups excluding carboxylic acids is 1. The number of nitrogens with one attached hydrogen (secondary N) is 1. The lowest BCUT2D eigenvalue weighted by atomic mass is 9.92. The molecule has 0 atom stereocenters. The number of para-hydroxylation sites is 1. The van der Waals surface area contributed by atoms with Crippen molar-refractivity contribution < 1.29 is 4.79 Å². The van der Waals surface area contributed by atoms with Crippen molar-refractivity contribution in [3.63, 3.8) is 0 Å². The maximum atomic E-state index is 12.0. The SMILES string of the molecule is Cc1nc(N2CCC(CCC(=O)Nc3ccccc3)CC2)n(C)n1. The Balaban J connectivity index is 1.42. The Morgan fingerprint density at radius 2 is 1.96 bits per heavy atom. The summed E-state index contributed by atoms with van der Waals surface area (Å²) in [5, 5.41) is 7.27. The Labute approximate surface area is 142 Å². The number of hydrogen-bond acceptors (Lipinski definition) is 4. The topological polar surface area (TPSA) is 63.1 Å². The summed E-state index contributed by atoms with van der Waals surface area (Å²) in [5.74, 6) is 2.48. The van der Waals surface area contributed by atoms with E-state index in [1.54, 1.807) is 0 Å². The van der Waals surface area contributed by atoms with Gasteiger partial charge < -0.3 is 10.2 Å². The predicted molar refractivity (Wildman–Crippen MR) is 95.0 cm³/mol. The zero-order chi connectivity index (χ0) is 16.9. The van der Waals surface area contributed by atoms with Gasteiger partial charge >= 0.3 is 0 Å². The van der Waals surface area contributed by atoms with Gasteiger partial charge in [-0.25, -0.2) is 4.68 Å². The van der Waals surface area contributed by atoms with E-state index in [-0.39, 0.29) is 5.91 Å². The molecule has 24 heavy (non-hydrogen) atoms. The van der Waals surface area contributed by atoms with Crippen LogP contribution in [0.2, 0.25) is 0 Å². The van der Waals surface area contributed by atoms with Crippen molar-refractivity contribution in [3.8, 4) is 0 Å². The van der Waals surface area contributed by atoms with Crippen LogP contribution in [-0.2, 0) is 11.8 Å². The highest BCUT2D eigenvalue weighted by molar-refractivity contribution is 5.90. The summed E-state index contributed by atoms with van der Waals surface area (Å²) in [6, 6.07) is 9.64. The molecule has 1 aromatic heterocycles. The van der Waals surface area contributed by atoms with Crippen LogP contribution in [-0.4, -0.2) is 33.8 Å². The van der Waals surface area contributed by atoms with Gasteiger partial charge in [0.1, 0.15) is 5.82 Å². The molecule has 0 bridgehead atoms. The molecule has 128 valence electrons. The van der Waals surface area contributed by atoms with Crippen LogP contribution < -0.4 is 10.2 Å². The van der Waals surface area contributed by atoms with E-state index in [0.29, 0.717) is 12.3 Å². The number of benzene rings is 1. The number of hydrogen-bond donors (Lipinski definition) is 1. The van der Waals surface area contributed by atoms with Crippen molar-refractivity contribution >= 4 is 17.5 Å². The van der Waals surface area contributed by atoms with Crippen molar-refractivity contribution in [2.45, 2.75) is 32.6 Å². The first-order valence-electron chi connectivity index (χ1n) is 8.59. The number of anilines is 2. The Hall–Kier alpha value is -2.37. The van der Waals surface area contributed by atoms with Gasteiger partial charge in [0.15, 0.2) is 0 Å². The highest BCUT2D eigenvalue weighted by Crippen LogP contribution is 2.25. The molecule has 0 spiro atoms. The van der Waals surface area contributed by atoms with Crippen LogP contribution in [0.3, 0.4) is 0 Å². The number of aromatic nitrogens is 3. The minimum Gasteiger partial charge on any atom is -0.341 e. The molecule has 0 unspecified atom stereocenters. The molecule has 1 fully saturated rings. The van der Waals surface area contributed by atoms with E-state index in [9.17, 15) is 4.79 Å². The monoisotopic (exact) mass is 327 g/mol. The lowest BCUT2D eigenvalue weighted by Crippen LogP contribution is -2.35. The fourth-order valence-electron chi connectivity index (χ4n) is 3.28. The zero-order valence-electron chi connectivity index (χ0n) is 14.4. The molecule has 1 aromatic carbocycles. The standard InChI is InChI=1S/C18H25N5O/c1-14-19-18(22(2)21-14)23-12-10-15(11-13-23)8-9-17(24)20-16-6-4-3-5-7-16/h3-7,15H,8-13H2,1-2H3,(H,20,24). The minimum absolute atomic E-state index is 0.104. The molecule has 0 radical (unpaired) electrons. The Morgan fingerprint density at radius 3 is 2.58 bits per heavy atom. The van der Waals surface area contributed by atoms with Gasteiger partial charge in [0.05, 0.1) is 0 Å². The molecule has 2 heterocycles. The first-order valence-corrected chi connectivity index (χ1v) is 8.59. The molecular weight excluding hydrogens is 302 g/mol. The number of aryl methyl sites for hydroxylation is 2. The third-order valence-electron chi connectivity index (χ3n) is 4.58. The third-order valence-corrected chi connectivity index (χ3v) is 4.58. The summed E-state index contributed by atoms with van der Waals surface area (Å²) in [7, 11) is 1.94. The molecule has 1 amide bonds. The first-order chi connectivity index (χ1) is 11.6. The predicted octanol–water partition coefficient (Wildman–Crippen LogP) is 2.76. The molecule has 6 heteroatoms. The van der Waals surface area contributed by atoms with Gasteiger partial charge in [-0.05, 0) is 44.2 Å². The van der Waals surface area contributed by atoms with Crippen LogP contribution in [0.4, 0.5) is 11.6 Å². The Bertz CT molecular complexity index is 674. The Morgan fingerprint density at radius 1 is 1.25 bits per heavy atom. The van der Waals surface area contributed by atoms with Gasteiger partial charge in [-0.15, -0.1) is 0 Å². The Kier molecular flexibility index (Phi) is 5.13. The molecule has 1 aliphatic heterocycles. The van der Waals surface area contributed by atoms with E-state index in [2.05, 4.69) is 20.3 Å². The summed E-state index contributed by atoms with van der Waals surface area (Å²) in [5.41, 5.74) is 0.870. The van der Waals surface area contributed by atoms with Crippen molar-refractivity contribution in [2.24, 2.45) is 13.0 Å². The lowest BCUT2D eigenvalue weighted by Gasteiger charge is -2.32. The average molecular weight is 327 g/mol. The fourth-order valence-corrected chi connectivity index (χ4v) is 3.28. The maximum Gasteiger partial charge on any atom is 0.224 e. The van der Waals surface area contributed by atoms with Crippen molar-refractivity contribution in [1.29, 1.82) is 0 Å². The summed E-state index contributed by atoms with van der Waals surface area (Å²) < 4.78 is 1.85. The second-order valence-corrected chi connectivity index (χ2v) is 6.47. The van der Waals surface area contributed by atoms with Crippen LogP contribution in [0, 0.1) is 12.8 Å². The van der Waals surface area contributed by atoms with Gasteiger partial charge in [0.2, 0.25) is 11.9 Å². The zero-order valence-corrected chi connectivity index (χ0v) is 14.4. The van der Waals surface area contributed by atoms with E-state index in [1.165, 1.54) is 0 Å². The summed E-state index contributed by atoms with van der Waals surface area (Å²) in [6.07, 6.45) is 3.74. The van der Waals surface area contributed by atoms with E-state index >= 15 is 0 Å². The molecule has 0 aliphatic carbocycles. The number of rotatable bonds is 5. The normalized spacial score (nSPS) is 15.5. The molecular formula is C18H25N5O. The summed E-state index contributed by atoms with van der Waals surface area (Å²) in [4.78, 5) is 18.8. The largest absolute Gasteiger partial charge is 0.341 e. The van der Waals surface area contributed by atoms with Crippen LogP contribution in [0.15, 0.2) is 30.3 Å². The van der Waals surface area contributed by atoms with Crippen molar-refractivity contribution in [2.75, 3.05) is 23.3 Å². The van der Waals surface area contributed by atoms with E-state index in [4.69, 9.17) is 0 Å². The maximum absolute atomic E-state index is 12.0. The van der Waals surface area contributed by atoms with Crippen molar-refractivity contribution in [1.82, 2.24) is 14.8 Å². The molecule has 1 aliphatic rings. The van der Waals surface area contributed by atoms with Crippen LogP contribution in [0.5, 0.6) is 0 Å². The summed E-state index contributed by atoms with van der Waals surface area (Å²) >= 11 is 0. The van der Waals surface area contributed by atoms with E-state index in [0.717, 1.165) is 49.8 Å². The lowest BCUT2D eigenvalue weighted by molar-refractivity contribution is -0.116. The second-order valence-electron chi connectivity index (χ2n) is 6.47.